The zero-order valence-electron chi connectivity index (χ0n) is 12.0. The summed E-state index contributed by atoms with van der Waals surface area (Å²) in [6.07, 6.45) is -0.583. The molecule has 1 atom stereocenters. The van der Waals surface area contributed by atoms with Crippen molar-refractivity contribution >= 4 is 17.3 Å². The van der Waals surface area contributed by atoms with Crippen LogP contribution in [-0.4, -0.2) is 12.2 Å². The van der Waals surface area contributed by atoms with Crippen molar-refractivity contribution in [3.05, 3.63) is 64.2 Å². The molecule has 0 spiro atoms. The summed E-state index contributed by atoms with van der Waals surface area (Å²) >= 11 is 5.89. The number of aliphatic hydroxyl groups is 1. The molecular weight excluding hydrogens is 284 g/mol. The normalized spacial score (nSPS) is 11.8. The summed E-state index contributed by atoms with van der Waals surface area (Å²) in [5.74, 6) is 0. The number of hydrogen-bond acceptors (Lipinski definition) is 3. The molecule has 4 heteroatoms. The van der Waals surface area contributed by atoms with Gasteiger partial charge in [0.1, 0.15) is 0 Å². The predicted molar refractivity (Wildman–Crippen MR) is 85.3 cm³/mol. The van der Waals surface area contributed by atoms with E-state index in [1.165, 1.54) is 0 Å². The molecule has 0 amide bonds. The van der Waals surface area contributed by atoms with Crippen LogP contribution < -0.4 is 4.90 Å². The van der Waals surface area contributed by atoms with E-state index in [1.807, 2.05) is 36.2 Å². The van der Waals surface area contributed by atoms with E-state index in [9.17, 15) is 5.11 Å². The summed E-state index contributed by atoms with van der Waals surface area (Å²) in [5, 5.41) is 19.6. The van der Waals surface area contributed by atoms with Crippen LogP contribution in [0.5, 0.6) is 0 Å². The number of anilines is 1. The van der Waals surface area contributed by atoms with Crippen LogP contribution in [0.25, 0.3) is 0 Å². The molecule has 0 saturated carbocycles. The van der Waals surface area contributed by atoms with E-state index in [1.54, 1.807) is 25.1 Å². The quantitative estimate of drug-likeness (QED) is 0.931. The third-order valence-electron chi connectivity index (χ3n) is 3.35. The molecule has 0 heterocycles. The average Bonchev–Trinajstić information content (AvgIpc) is 2.48. The molecule has 0 fully saturated rings. The summed E-state index contributed by atoms with van der Waals surface area (Å²) in [6, 6.07) is 15.1. The Balaban J connectivity index is 2.31. The highest BCUT2D eigenvalue weighted by atomic mass is 35.5. The van der Waals surface area contributed by atoms with Crippen LogP contribution in [0.2, 0.25) is 5.02 Å². The molecule has 0 aliphatic rings. The van der Waals surface area contributed by atoms with Gasteiger partial charge >= 0.3 is 0 Å². The highest BCUT2D eigenvalue weighted by molar-refractivity contribution is 6.30. The van der Waals surface area contributed by atoms with Crippen LogP contribution in [0.1, 0.15) is 29.7 Å². The van der Waals surface area contributed by atoms with Crippen molar-refractivity contribution in [3.63, 3.8) is 0 Å². The molecule has 1 N–H and O–H groups in total. The summed E-state index contributed by atoms with van der Waals surface area (Å²) < 4.78 is 0. The van der Waals surface area contributed by atoms with Crippen LogP contribution in [0, 0.1) is 11.3 Å². The molecule has 0 radical (unpaired) electrons. The first-order valence-electron chi connectivity index (χ1n) is 6.69. The van der Waals surface area contributed by atoms with Gasteiger partial charge in [-0.05, 0) is 36.8 Å². The van der Waals surface area contributed by atoms with Gasteiger partial charge in [-0.15, -0.1) is 0 Å². The van der Waals surface area contributed by atoms with Crippen LogP contribution in [-0.2, 0) is 6.54 Å². The lowest BCUT2D eigenvalue weighted by Crippen LogP contribution is -2.18. The van der Waals surface area contributed by atoms with Gasteiger partial charge in [-0.25, -0.2) is 0 Å². The Morgan fingerprint density at radius 2 is 1.90 bits per heavy atom. The van der Waals surface area contributed by atoms with Crippen molar-refractivity contribution in [1.29, 1.82) is 5.26 Å². The van der Waals surface area contributed by atoms with Gasteiger partial charge in [0, 0.05) is 29.9 Å². The molecule has 108 valence electrons. The summed E-state index contributed by atoms with van der Waals surface area (Å²) in [6.45, 7) is 2.40. The molecule has 0 aliphatic heterocycles. The molecule has 3 nitrogen and oxygen atoms in total. The smallest absolute Gasteiger partial charge is 0.0992 e. The first-order valence-corrected chi connectivity index (χ1v) is 7.06. The largest absolute Gasteiger partial charge is 0.389 e. The van der Waals surface area contributed by atoms with Gasteiger partial charge in [0.25, 0.3) is 0 Å². The van der Waals surface area contributed by atoms with Crippen LogP contribution in [0.4, 0.5) is 5.69 Å². The van der Waals surface area contributed by atoms with Crippen molar-refractivity contribution in [2.45, 2.75) is 19.6 Å². The maximum atomic E-state index is 9.89. The van der Waals surface area contributed by atoms with Crippen LogP contribution >= 0.6 is 11.6 Å². The Kier molecular flexibility index (Phi) is 4.85. The molecule has 0 saturated heterocycles. The molecule has 2 aromatic carbocycles. The molecule has 2 aromatic rings. The standard InChI is InChI=1S/C17H17ClN2O/c1-12(21)16-8-5-14(10-19)9-17(16)20(2)11-13-3-6-15(18)7-4-13/h3-9,12,21H,11H2,1-2H3/t12-/m0/s1. The van der Waals surface area contributed by atoms with Crippen molar-refractivity contribution in [2.75, 3.05) is 11.9 Å². The molecule has 0 aromatic heterocycles. The van der Waals surface area contributed by atoms with Gasteiger partial charge in [0.15, 0.2) is 0 Å². The SMILES string of the molecule is C[C@H](O)c1ccc(C#N)cc1N(C)Cc1ccc(Cl)cc1. The zero-order valence-corrected chi connectivity index (χ0v) is 12.8. The molecule has 21 heavy (non-hydrogen) atoms. The predicted octanol–water partition coefficient (Wildman–Crippen LogP) is 3.90. The molecule has 2 rings (SSSR count). The number of halogens is 1. The van der Waals surface area contributed by atoms with Crippen molar-refractivity contribution in [3.8, 4) is 6.07 Å². The lowest BCUT2D eigenvalue weighted by molar-refractivity contribution is 0.199. The van der Waals surface area contributed by atoms with Gasteiger partial charge in [-0.1, -0.05) is 29.8 Å². The minimum Gasteiger partial charge on any atom is -0.389 e. The summed E-state index contributed by atoms with van der Waals surface area (Å²) in [5.41, 5.74) is 3.36. The van der Waals surface area contributed by atoms with Crippen LogP contribution in [0.15, 0.2) is 42.5 Å². The van der Waals surface area contributed by atoms with Gasteiger partial charge in [0.2, 0.25) is 0 Å². The fourth-order valence-corrected chi connectivity index (χ4v) is 2.37. The molecule has 0 aliphatic carbocycles. The lowest BCUT2D eigenvalue weighted by atomic mass is 10.0. The number of rotatable bonds is 4. The number of aliphatic hydroxyl groups excluding tert-OH is 1. The van der Waals surface area contributed by atoms with E-state index in [0.717, 1.165) is 16.8 Å². The third kappa shape index (κ3) is 3.75. The average molecular weight is 301 g/mol. The number of nitrogens with zero attached hydrogens (tertiary/aromatic N) is 2. The monoisotopic (exact) mass is 300 g/mol. The second-order valence-corrected chi connectivity index (χ2v) is 5.48. The van der Waals surface area contributed by atoms with Crippen LogP contribution in [0.3, 0.4) is 0 Å². The summed E-state index contributed by atoms with van der Waals surface area (Å²) in [7, 11) is 1.94. The van der Waals surface area contributed by atoms with Crippen molar-refractivity contribution < 1.29 is 5.11 Å². The Bertz CT molecular complexity index is 659. The first kappa shape index (κ1) is 15.4. The first-order chi connectivity index (χ1) is 10.0. The maximum Gasteiger partial charge on any atom is 0.0992 e. The minimum absolute atomic E-state index is 0.581. The topological polar surface area (TPSA) is 47.3 Å². The van der Waals surface area contributed by atoms with Gasteiger partial charge in [-0.3, -0.25) is 0 Å². The second kappa shape index (κ2) is 6.62. The number of hydrogen-bond donors (Lipinski definition) is 1. The van der Waals surface area contributed by atoms with Crippen molar-refractivity contribution in [1.82, 2.24) is 0 Å². The second-order valence-electron chi connectivity index (χ2n) is 5.04. The zero-order chi connectivity index (χ0) is 15.4. The van der Waals surface area contributed by atoms with E-state index >= 15 is 0 Å². The number of nitriles is 1. The molecule has 0 bridgehead atoms. The van der Waals surface area contributed by atoms with E-state index in [0.29, 0.717) is 17.1 Å². The van der Waals surface area contributed by atoms with Gasteiger partial charge in [0.05, 0.1) is 17.7 Å². The summed E-state index contributed by atoms with van der Waals surface area (Å²) in [4.78, 5) is 2.02. The highest BCUT2D eigenvalue weighted by Gasteiger charge is 2.13. The number of benzene rings is 2. The Hall–Kier alpha value is -2.02. The lowest BCUT2D eigenvalue weighted by Gasteiger charge is -2.24. The molecule has 0 unspecified atom stereocenters. The van der Waals surface area contributed by atoms with E-state index in [-0.39, 0.29) is 0 Å². The fraction of sp³-hybridized carbons (Fsp3) is 0.235. The Morgan fingerprint density at radius 1 is 1.24 bits per heavy atom. The Labute approximate surface area is 130 Å². The van der Waals surface area contributed by atoms with Gasteiger partial charge < -0.3 is 10.0 Å². The third-order valence-corrected chi connectivity index (χ3v) is 3.61. The van der Waals surface area contributed by atoms with E-state index in [4.69, 9.17) is 16.9 Å². The molecular formula is C17H17ClN2O. The highest BCUT2D eigenvalue weighted by Crippen LogP contribution is 2.28. The van der Waals surface area contributed by atoms with E-state index in [2.05, 4.69) is 6.07 Å². The minimum atomic E-state index is -0.583. The fourth-order valence-electron chi connectivity index (χ4n) is 2.25. The maximum absolute atomic E-state index is 9.89. The van der Waals surface area contributed by atoms with Gasteiger partial charge in [-0.2, -0.15) is 5.26 Å². The van der Waals surface area contributed by atoms with E-state index < -0.39 is 6.10 Å². The van der Waals surface area contributed by atoms with Crippen molar-refractivity contribution in [2.24, 2.45) is 0 Å². The Morgan fingerprint density at radius 3 is 2.48 bits per heavy atom.